The van der Waals surface area contributed by atoms with Crippen LogP contribution in [0, 0.1) is 17.3 Å². The Bertz CT molecular complexity index is 252. The van der Waals surface area contributed by atoms with Crippen LogP contribution in [-0.4, -0.2) is 16.7 Å². The van der Waals surface area contributed by atoms with Crippen LogP contribution in [-0.2, 0) is 0 Å². The van der Waals surface area contributed by atoms with Crippen LogP contribution in [0.1, 0.15) is 45.4 Å². The van der Waals surface area contributed by atoms with Gasteiger partial charge in [-0.3, -0.25) is 0 Å². The third-order valence-corrected chi connectivity index (χ3v) is 5.04. The molecule has 88 valence electrons. The molecule has 3 atom stereocenters. The molecule has 0 aromatic heterocycles. The summed E-state index contributed by atoms with van der Waals surface area (Å²) in [4.78, 5) is 0. The van der Waals surface area contributed by atoms with E-state index in [1.54, 1.807) is 0 Å². The Morgan fingerprint density at radius 1 is 1.20 bits per heavy atom. The van der Waals surface area contributed by atoms with E-state index in [4.69, 9.17) is 5.73 Å². The molecule has 0 spiro atoms. The van der Waals surface area contributed by atoms with Crippen molar-refractivity contribution in [2.75, 3.05) is 0 Å². The lowest BCUT2D eigenvalue weighted by molar-refractivity contribution is -0.168. The van der Waals surface area contributed by atoms with Crippen molar-refractivity contribution >= 4 is 0 Å². The van der Waals surface area contributed by atoms with Crippen molar-refractivity contribution in [1.29, 1.82) is 0 Å². The molecule has 0 amide bonds. The summed E-state index contributed by atoms with van der Waals surface area (Å²) in [5, 5.41) is 10.5. The zero-order valence-electron chi connectivity index (χ0n) is 9.38. The molecular weight excluding hydrogens is 210 g/mol. The third-order valence-electron chi connectivity index (χ3n) is 5.04. The van der Waals surface area contributed by atoms with Crippen LogP contribution in [0.2, 0.25) is 0 Å². The second-order valence-electron chi connectivity index (χ2n) is 6.34. The van der Waals surface area contributed by atoms with Gasteiger partial charge in [0, 0.05) is 6.04 Å². The molecule has 4 saturated carbocycles. The van der Waals surface area contributed by atoms with Crippen molar-refractivity contribution in [3.63, 3.8) is 0 Å². The summed E-state index contributed by atoms with van der Waals surface area (Å²) in [7, 11) is 0. The van der Waals surface area contributed by atoms with Gasteiger partial charge in [0.2, 0.25) is 0 Å². The SMILES string of the molecule is CC(N)C12CC3CC(CC(O)(C3)C1)C2.[Cl-]. The van der Waals surface area contributed by atoms with Gasteiger partial charge in [-0.1, -0.05) is 0 Å². The zero-order chi connectivity index (χ0) is 9.97. The van der Waals surface area contributed by atoms with Gasteiger partial charge in [0.05, 0.1) is 5.60 Å². The van der Waals surface area contributed by atoms with E-state index in [2.05, 4.69) is 6.92 Å². The van der Waals surface area contributed by atoms with Crippen molar-refractivity contribution in [3.05, 3.63) is 0 Å². The fraction of sp³-hybridized carbons (Fsp3) is 1.00. The molecular formula is C12H21ClNO-. The van der Waals surface area contributed by atoms with Gasteiger partial charge in [-0.2, -0.15) is 0 Å². The second-order valence-corrected chi connectivity index (χ2v) is 6.34. The maximum Gasteiger partial charge on any atom is 0.0659 e. The molecule has 3 unspecified atom stereocenters. The first-order valence-electron chi connectivity index (χ1n) is 5.99. The Balaban J connectivity index is 0.000000853. The maximum absolute atomic E-state index is 10.5. The highest BCUT2D eigenvalue weighted by molar-refractivity contribution is 5.10. The first kappa shape index (κ1) is 11.7. The molecule has 3 N–H and O–H groups in total. The van der Waals surface area contributed by atoms with E-state index in [1.165, 1.54) is 19.3 Å². The topological polar surface area (TPSA) is 46.2 Å². The van der Waals surface area contributed by atoms with Crippen molar-refractivity contribution in [1.82, 2.24) is 0 Å². The van der Waals surface area contributed by atoms with E-state index >= 15 is 0 Å². The predicted octanol–water partition coefficient (Wildman–Crippen LogP) is -1.33. The molecule has 4 aliphatic rings. The summed E-state index contributed by atoms with van der Waals surface area (Å²) < 4.78 is 0. The Kier molecular flexibility index (Phi) is 2.61. The molecule has 0 heterocycles. The summed E-state index contributed by atoms with van der Waals surface area (Å²) in [5.74, 6) is 1.54. The van der Waals surface area contributed by atoms with Gasteiger partial charge >= 0.3 is 0 Å². The van der Waals surface area contributed by atoms with Gasteiger partial charge in [0.15, 0.2) is 0 Å². The number of aliphatic hydroxyl groups is 1. The molecule has 4 fully saturated rings. The molecule has 4 aliphatic carbocycles. The van der Waals surface area contributed by atoms with Crippen molar-refractivity contribution in [2.45, 2.75) is 57.1 Å². The molecule has 4 rings (SSSR count). The average molecular weight is 231 g/mol. The van der Waals surface area contributed by atoms with Gasteiger partial charge in [-0.05, 0) is 62.7 Å². The average Bonchev–Trinajstić information content (AvgIpc) is 1.98. The molecule has 2 nitrogen and oxygen atoms in total. The minimum atomic E-state index is -0.336. The molecule has 15 heavy (non-hydrogen) atoms. The van der Waals surface area contributed by atoms with Gasteiger partial charge < -0.3 is 23.2 Å². The lowest BCUT2D eigenvalue weighted by Crippen LogP contribution is -3.00. The standard InChI is InChI=1S/C12H21NO.ClH/c1-8(13)11-3-9-2-10(4-11)6-12(14,5-9)7-11;/h8-10,14H,2-7,13H2,1H3;1H/p-1. The fourth-order valence-corrected chi connectivity index (χ4v) is 4.82. The first-order valence-corrected chi connectivity index (χ1v) is 5.99. The van der Waals surface area contributed by atoms with Crippen LogP contribution in [0.25, 0.3) is 0 Å². The normalized spacial score (nSPS) is 53.8. The van der Waals surface area contributed by atoms with Crippen molar-refractivity contribution < 1.29 is 17.5 Å². The quantitative estimate of drug-likeness (QED) is 0.587. The highest BCUT2D eigenvalue weighted by Crippen LogP contribution is 2.62. The molecule has 0 aliphatic heterocycles. The summed E-state index contributed by atoms with van der Waals surface area (Å²) in [5.41, 5.74) is 6.09. The van der Waals surface area contributed by atoms with Gasteiger partial charge in [-0.15, -0.1) is 0 Å². The fourth-order valence-electron chi connectivity index (χ4n) is 4.82. The Morgan fingerprint density at radius 3 is 2.13 bits per heavy atom. The van der Waals surface area contributed by atoms with E-state index in [1.807, 2.05) is 0 Å². The number of nitrogens with two attached hydrogens (primary N) is 1. The molecule has 0 aromatic carbocycles. The molecule has 0 saturated heterocycles. The summed E-state index contributed by atoms with van der Waals surface area (Å²) in [6, 6.07) is 0.264. The monoisotopic (exact) mass is 230 g/mol. The zero-order valence-corrected chi connectivity index (χ0v) is 10.1. The number of hydrogen-bond acceptors (Lipinski definition) is 2. The maximum atomic E-state index is 10.5. The first-order chi connectivity index (χ1) is 6.51. The number of halogens is 1. The molecule has 3 heteroatoms. The van der Waals surface area contributed by atoms with Gasteiger partial charge in [0.25, 0.3) is 0 Å². The van der Waals surface area contributed by atoms with E-state index < -0.39 is 0 Å². The van der Waals surface area contributed by atoms with E-state index in [0.717, 1.165) is 31.1 Å². The Morgan fingerprint density at radius 2 is 1.73 bits per heavy atom. The second kappa shape index (κ2) is 3.35. The lowest BCUT2D eigenvalue weighted by atomic mass is 9.46. The van der Waals surface area contributed by atoms with E-state index in [9.17, 15) is 5.11 Å². The summed E-state index contributed by atoms with van der Waals surface area (Å²) in [6.45, 7) is 2.14. The minimum absolute atomic E-state index is 0. The third kappa shape index (κ3) is 1.62. The summed E-state index contributed by atoms with van der Waals surface area (Å²) in [6.07, 6.45) is 7.00. The van der Waals surface area contributed by atoms with Crippen LogP contribution in [0.5, 0.6) is 0 Å². The van der Waals surface area contributed by atoms with Crippen LogP contribution < -0.4 is 18.1 Å². The molecule has 0 radical (unpaired) electrons. The van der Waals surface area contributed by atoms with Crippen LogP contribution >= 0.6 is 0 Å². The van der Waals surface area contributed by atoms with E-state index in [-0.39, 0.29) is 24.0 Å². The number of rotatable bonds is 1. The largest absolute Gasteiger partial charge is 1.00 e. The van der Waals surface area contributed by atoms with Crippen molar-refractivity contribution in [2.24, 2.45) is 23.0 Å². The summed E-state index contributed by atoms with van der Waals surface area (Å²) >= 11 is 0. The van der Waals surface area contributed by atoms with Crippen LogP contribution in [0.4, 0.5) is 0 Å². The highest BCUT2D eigenvalue weighted by Gasteiger charge is 2.58. The molecule has 4 bridgehead atoms. The smallest absolute Gasteiger partial charge is 0.0659 e. The van der Waals surface area contributed by atoms with Gasteiger partial charge in [-0.25, -0.2) is 0 Å². The van der Waals surface area contributed by atoms with Crippen LogP contribution in [0.15, 0.2) is 0 Å². The molecule has 0 aromatic rings. The highest BCUT2D eigenvalue weighted by atomic mass is 35.5. The minimum Gasteiger partial charge on any atom is -1.00 e. The van der Waals surface area contributed by atoms with E-state index in [0.29, 0.717) is 5.41 Å². The van der Waals surface area contributed by atoms with Crippen LogP contribution in [0.3, 0.4) is 0 Å². The predicted molar refractivity (Wildman–Crippen MR) is 55.7 cm³/mol. The van der Waals surface area contributed by atoms with Crippen molar-refractivity contribution in [3.8, 4) is 0 Å². The Labute approximate surface area is 98.0 Å². The lowest BCUT2D eigenvalue weighted by Gasteiger charge is -2.61. The van der Waals surface area contributed by atoms with Gasteiger partial charge in [0.1, 0.15) is 0 Å². The Hall–Kier alpha value is 0.210. The number of hydrogen-bond donors (Lipinski definition) is 2.